The number of methoxy groups -OCH3 is 1. The van der Waals surface area contributed by atoms with Crippen LogP contribution in [-0.2, 0) is 11.4 Å². The first-order valence-electron chi connectivity index (χ1n) is 11.3. The maximum absolute atomic E-state index is 13.1. The number of hydrogen-bond donors (Lipinski definition) is 2. The summed E-state index contributed by atoms with van der Waals surface area (Å²) in [7, 11) is 1.50. The molecule has 0 bridgehead atoms. The maximum atomic E-state index is 13.1. The minimum atomic E-state index is -0.735. The fourth-order valence-electron chi connectivity index (χ4n) is 3.68. The van der Waals surface area contributed by atoms with E-state index in [0.29, 0.717) is 40.9 Å². The summed E-state index contributed by atoms with van der Waals surface area (Å²) >= 11 is 0. The number of hydrogen-bond acceptors (Lipinski definition) is 6. The number of para-hydroxylation sites is 1. The molecule has 8 heteroatoms. The molecule has 4 rings (SSSR count). The Bertz CT molecular complexity index is 1210. The SMILES string of the molecule is COc1ccccc1C(=O)NC(C(=O)Nc1cccc(COc2ccc3c(c2)OCO3)c1)C(C)C. The van der Waals surface area contributed by atoms with Crippen molar-refractivity contribution in [2.45, 2.75) is 26.5 Å². The number of anilines is 1. The van der Waals surface area contributed by atoms with Crippen molar-refractivity contribution < 1.29 is 28.5 Å². The number of amides is 2. The lowest BCUT2D eigenvalue weighted by atomic mass is 10.0. The molecule has 1 aliphatic rings. The van der Waals surface area contributed by atoms with Gasteiger partial charge >= 0.3 is 0 Å². The Morgan fingerprint density at radius 2 is 1.77 bits per heavy atom. The van der Waals surface area contributed by atoms with E-state index in [1.54, 1.807) is 42.5 Å². The summed E-state index contributed by atoms with van der Waals surface area (Å²) in [5.41, 5.74) is 1.86. The second-order valence-corrected chi connectivity index (χ2v) is 8.39. The standard InChI is InChI=1S/C27H28N2O6/c1-17(2)25(29-26(30)21-9-4-5-10-22(21)32-3)27(31)28-19-8-6-7-18(13-19)15-33-20-11-12-23-24(14-20)35-16-34-23/h4-14,17,25H,15-16H2,1-3H3,(H,28,31)(H,29,30). The van der Waals surface area contributed by atoms with Crippen molar-refractivity contribution in [2.24, 2.45) is 5.92 Å². The summed E-state index contributed by atoms with van der Waals surface area (Å²) in [5.74, 6) is 1.63. The van der Waals surface area contributed by atoms with Crippen LogP contribution in [-0.4, -0.2) is 31.8 Å². The van der Waals surface area contributed by atoms with Gasteiger partial charge in [-0.25, -0.2) is 0 Å². The fourth-order valence-corrected chi connectivity index (χ4v) is 3.68. The van der Waals surface area contributed by atoms with Gasteiger partial charge in [0.2, 0.25) is 12.7 Å². The molecular formula is C27H28N2O6. The average Bonchev–Trinajstić information content (AvgIpc) is 3.34. The minimum Gasteiger partial charge on any atom is -0.496 e. The first kappa shape index (κ1) is 23.9. The Balaban J connectivity index is 1.39. The van der Waals surface area contributed by atoms with E-state index in [9.17, 15) is 9.59 Å². The topological polar surface area (TPSA) is 95.1 Å². The van der Waals surface area contributed by atoms with Gasteiger partial charge in [-0.3, -0.25) is 9.59 Å². The van der Waals surface area contributed by atoms with E-state index < -0.39 is 6.04 Å². The Morgan fingerprint density at radius 1 is 0.971 bits per heavy atom. The number of benzene rings is 3. The third-order valence-corrected chi connectivity index (χ3v) is 5.53. The second kappa shape index (κ2) is 10.8. The van der Waals surface area contributed by atoms with Crippen molar-refractivity contribution in [3.63, 3.8) is 0 Å². The van der Waals surface area contributed by atoms with E-state index in [2.05, 4.69) is 10.6 Å². The molecule has 0 radical (unpaired) electrons. The summed E-state index contributed by atoms with van der Waals surface area (Å²) < 4.78 is 21.8. The lowest BCUT2D eigenvalue weighted by molar-refractivity contribution is -0.118. The van der Waals surface area contributed by atoms with Crippen molar-refractivity contribution in [1.82, 2.24) is 5.32 Å². The largest absolute Gasteiger partial charge is 0.496 e. The number of ether oxygens (including phenoxy) is 4. The molecular weight excluding hydrogens is 448 g/mol. The van der Waals surface area contributed by atoms with E-state index in [0.717, 1.165) is 5.56 Å². The van der Waals surface area contributed by atoms with E-state index in [1.807, 2.05) is 38.1 Å². The summed E-state index contributed by atoms with van der Waals surface area (Å²) in [5, 5.41) is 5.74. The molecule has 8 nitrogen and oxygen atoms in total. The van der Waals surface area contributed by atoms with Crippen molar-refractivity contribution in [3.8, 4) is 23.0 Å². The molecule has 0 aliphatic carbocycles. The highest BCUT2D eigenvalue weighted by Crippen LogP contribution is 2.35. The summed E-state index contributed by atoms with van der Waals surface area (Å²) in [6.45, 7) is 4.27. The van der Waals surface area contributed by atoms with Crippen LogP contribution in [0.1, 0.15) is 29.8 Å². The fraction of sp³-hybridized carbons (Fsp3) is 0.259. The Morgan fingerprint density at radius 3 is 2.57 bits per heavy atom. The minimum absolute atomic E-state index is 0.133. The molecule has 1 heterocycles. The van der Waals surface area contributed by atoms with Gasteiger partial charge in [0.25, 0.3) is 5.91 Å². The molecule has 0 fully saturated rings. The van der Waals surface area contributed by atoms with Crippen LogP contribution >= 0.6 is 0 Å². The molecule has 1 atom stereocenters. The summed E-state index contributed by atoms with van der Waals surface area (Å²) in [6.07, 6.45) is 0. The van der Waals surface area contributed by atoms with Gasteiger partial charge in [-0.15, -0.1) is 0 Å². The quantitative estimate of drug-likeness (QED) is 0.476. The molecule has 35 heavy (non-hydrogen) atoms. The Labute approximate surface area is 204 Å². The van der Waals surface area contributed by atoms with E-state index in [-0.39, 0.29) is 24.5 Å². The lowest BCUT2D eigenvalue weighted by Gasteiger charge is -2.22. The van der Waals surface area contributed by atoms with Crippen LogP contribution in [0.25, 0.3) is 0 Å². The zero-order chi connectivity index (χ0) is 24.8. The molecule has 0 saturated carbocycles. The molecule has 0 aromatic heterocycles. The number of nitrogens with one attached hydrogen (secondary N) is 2. The Kier molecular flexibility index (Phi) is 7.40. The first-order chi connectivity index (χ1) is 16.9. The van der Waals surface area contributed by atoms with Crippen LogP contribution < -0.4 is 29.6 Å². The van der Waals surface area contributed by atoms with Crippen molar-refractivity contribution in [1.29, 1.82) is 0 Å². The molecule has 182 valence electrons. The summed E-state index contributed by atoms with van der Waals surface area (Å²) in [4.78, 5) is 25.9. The van der Waals surface area contributed by atoms with Crippen LogP contribution in [0.2, 0.25) is 0 Å². The number of fused-ring (bicyclic) bond motifs is 1. The molecule has 1 unspecified atom stereocenters. The summed E-state index contributed by atoms with van der Waals surface area (Å²) in [6, 6.07) is 18.9. The normalized spacial score (nSPS) is 12.7. The highest BCUT2D eigenvalue weighted by molar-refractivity contribution is 6.02. The molecule has 2 N–H and O–H groups in total. The zero-order valence-electron chi connectivity index (χ0n) is 19.9. The smallest absolute Gasteiger partial charge is 0.255 e. The second-order valence-electron chi connectivity index (χ2n) is 8.39. The van der Waals surface area contributed by atoms with Gasteiger partial charge in [0, 0.05) is 11.8 Å². The molecule has 3 aromatic carbocycles. The predicted octanol–water partition coefficient (Wildman–Crippen LogP) is 4.40. The van der Waals surface area contributed by atoms with E-state index in [1.165, 1.54) is 7.11 Å². The third kappa shape index (κ3) is 5.84. The van der Waals surface area contributed by atoms with Gasteiger partial charge in [-0.2, -0.15) is 0 Å². The number of rotatable bonds is 9. The predicted molar refractivity (Wildman–Crippen MR) is 131 cm³/mol. The van der Waals surface area contributed by atoms with Crippen LogP contribution in [0, 0.1) is 5.92 Å². The maximum Gasteiger partial charge on any atom is 0.255 e. The molecule has 1 aliphatic heterocycles. The zero-order valence-corrected chi connectivity index (χ0v) is 19.9. The van der Waals surface area contributed by atoms with Crippen LogP contribution in [0.4, 0.5) is 5.69 Å². The third-order valence-electron chi connectivity index (χ3n) is 5.53. The lowest BCUT2D eigenvalue weighted by Crippen LogP contribution is -2.47. The monoisotopic (exact) mass is 476 g/mol. The van der Waals surface area contributed by atoms with Gasteiger partial charge in [-0.05, 0) is 47.9 Å². The molecule has 2 amide bonds. The average molecular weight is 477 g/mol. The molecule has 0 saturated heterocycles. The van der Waals surface area contributed by atoms with Crippen molar-refractivity contribution >= 4 is 17.5 Å². The van der Waals surface area contributed by atoms with Crippen LogP contribution in [0.3, 0.4) is 0 Å². The van der Waals surface area contributed by atoms with Crippen molar-refractivity contribution in [2.75, 3.05) is 19.2 Å². The number of carbonyl (C=O) groups excluding carboxylic acids is 2. The van der Waals surface area contributed by atoms with E-state index >= 15 is 0 Å². The molecule has 0 spiro atoms. The first-order valence-corrected chi connectivity index (χ1v) is 11.3. The van der Waals surface area contributed by atoms with E-state index in [4.69, 9.17) is 18.9 Å². The number of carbonyl (C=O) groups is 2. The van der Waals surface area contributed by atoms with Gasteiger partial charge in [0.05, 0.1) is 12.7 Å². The highest BCUT2D eigenvalue weighted by atomic mass is 16.7. The highest BCUT2D eigenvalue weighted by Gasteiger charge is 2.26. The van der Waals surface area contributed by atoms with Gasteiger partial charge in [-0.1, -0.05) is 38.1 Å². The van der Waals surface area contributed by atoms with Gasteiger partial charge in [0.15, 0.2) is 11.5 Å². The van der Waals surface area contributed by atoms with Crippen molar-refractivity contribution in [3.05, 3.63) is 77.9 Å². The Hall–Kier alpha value is -4.20. The molecule has 3 aromatic rings. The van der Waals surface area contributed by atoms with Crippen LogP contribution in [0.5, 0.6) is 23.0 Å². The van der Waals surface area contributed by atoms with Crippen LogP contribution in [0.15, 0.2) is 66.7 Å². The van der Waals surface area contributed by atoms with Gasteiger partial charge < -0.3 is 29.6 Å². The van der Waals surface area contributed by atoms with Gasteiger partial charge in [0.1, 0.15) is 24.1 Å².